The zero-order valence-electron chi connectivity index (χ0n) is 24.4. The van der Waals surface area contributed by atoms with Crippen LogP contribution < -0.4 is 31.3 Å². The Hall–Kier alpha value is -5.44. The SMILES string of the molecule is O=C([O-])C1(c2ccccc2)C=CC=CN1.O=C([O-])C1(c2ccccc2)C=CC=CN1.O=C([O-])C1(c2ccccc2)C=CC=CN1.[Ir+3]. The minimum absolute atomic E-state index is 0. The van der Waals surface area contributed by atoms with E-state index in [4.69, 9.17) is 0 Å². The van der Waals surface area contributed by atoms with Crippen molar-refractivity contribution in [3.8, 4) is 0 Å². The predicted octanol–water partition coefficient (Wildman–Crippen LogP) is 0.912. The monoisotopic (exact) mass is 793 g/mol. The van der Waals surface area contributed by atoms with E-state index >= 15 is 0 Å². The molecule has 0 fully saturated rings. The van der Waals surface area contributed by atoms with E-state index in [-0.39, 0.29) is 20.1 Å². The molecule has 0 aliphatic carbocycles. The molecule has 0 spiro atoms. The van der Waals surface area contributed by atoms with Gasteiger partial charge in [0.15, 0.2) is 0 Å². The van der Waals surface area contributed by atoms with Gasteiger partial charge in [0.25, 0.3) is 0 Å². The molecule has 46 heavy (non-hydrogen) atoms. The van der Waals surface area contributed by atoms with Crippen LogP contribution in [0.2, 0.25) is 0 Å². The summed E-state index contributed by atoms with van der Waals surface area (Å²) in [7, 11) is 0. The average molecular weight is 793 g/mol. The third-order valence-electron chi connectivity index (χ3n) is 7.25. The summed E-state index contributed by atoms with van der Waals surface area (Å²) in [5.41, 5.74) is -1.75. The Morgan fingerprint density at radius 2 is 0.652 bits per heavy atom. The molecule has 0 saturated heterocycles. The number of dihydropyridines is 3. The van der Waals surface area contributed by atoms with E-state index in [1.807, 2.05) is 18.2 Å². The van der Waals surface area contributed by atoms with Crippen molar-refractivity contribution in [2.24, 2.45) is 0 Å². The minimum Gasteiger partial charge on any atom is -0.547 e. The molecular formula is C36H30IrN3O6. The van der Waals surface area contributed by atoms with Gasteiger partial charge in [-0.2, -0.15) is 0 Å². The number of carboxylic acid groups (broad SMARTS) is 3. The van der Waals surface area contributed by atoms with Gasteiger partial charge in [-0.05, 0) is 71.7 Å². The number of benzene rings is 3. The van der Waals surface area contributed by atoms with Crippen LogP contribution in [0, 0.1) is 0 Å². The number of hydrogen-bond donors (Lipinski definition) is 3. The third-order valence-corrected chi connectivity index (χ3v) is 7.25. The number of allylic oxidation sites excluding steroid dienone is 6. The molecule has 3 atom stereocenters. The molecule has 3 aromatic carbocycles. The molecule has 3 N–H and O–H groups in total. The Morgan fingerprint density at radius 1 is 0.413 bits per heavy atom. The van der Waals surface area contributed by atoms with Crippen LogP contribution in [0.25, 0.3) is 0 Å². The van der Waals surface area contributed by atoms with Gasteiger partial charge in [0.05, 0.1) is 17.9 Å². The summed E-state index contributed by atoms with van der Waals surface area (Å²) in [4.78, 5) is 33.7. The van der Waals surface area contributed by atoms with Gasteiger partial charge < -0.3 is 45.7 Å². The van der Waals surface area contributed by atoms with Crippen LogP contribution in [0.5, 0.6) is 0 Å². The molecule has 0 saturated carbocycles. The van der Waals surface area contributed by atoms with Gasteiger partial charge in [-0.1, -0.05) is 109 Å². The average Bonchev–Trinajstić information content (AvgIpc) is 3.10. The summed E-state index contributed by atoms with van der Waals surface area (Å²) in [6, 6.07) is 26.9. The van der Waals surface area contributed by atoms with Crippen LogP contribution in [-0.4, -0.2) is 17.9 Å². The zero-order chi connectivity index (χ0) is 32.2. The number of carboxylic acids is 3. The number of nitrogens with one attached hydrogen (secondary N) is 3. The fraction of sp³-hybridized carbons (Fsp3) is 0.0833. The van der Waals surface area contributed by atoms with Crippen LogP contribution in [0.4, 0.5) is 0 Å². The normalized spacial score (nSPS) is 23.0. The second kappa shape index (κ2) is 16.0. The predicted molar refractivity (Wildman–Crippen MR) is 164 cm³/mol. The third kappa shape index (κ3) is 7.61. The van der Waals surface area contributed by atoms with Crippen molar-refractivity contribution in [2.75, 3.05) is 0 Å². The summed E-state index contributed by atoms with van der Waals surface area (Å²) < 4.78 is 0. The van der Waals surface area contributed by atoms with Gasteiger partial charge in [0.2, 0.25) is 0 Å². The Labute approximate surface area is 280 Å². The van der Waals surface area contributed by atoms with Gasteiger partial charge in [0, 0.05) is 0 Å². The Balaban J connectivity index is 0.000000186. The van der Waals surface area contributed by atoms with Crippen molar-refractivity contribution < 1.29 is 49.8 Å². The standard InChI is InChI=1S/3C12H11NO2.Ir/c3*14-11(15)12(8-4-5-9-13-12)10-6-2-1-3-7-10;/h3*1-9,13H,(H,14,15);/q;;;+3/p-3. The van der Waals surface area contributed by atoms with E-state index in [0.29, 0.717) is 16.7 Å². The molecule has 234 valence electrons. The van der Waals surface area contributed by atoms with E-state index in [1.54, 1.807) is 146 Å². The maximum atomic E-state index is 11.2. The molecule has 9 nitrogen and oxygen atoms in total. The quantitative estimate of drug-likeness (QED) is 0.331. The van der Waals surface area contributed by atoms with E-state index in [1.165, 1.54) is 0 Å². The first-order valence-electron chi connectivity index (χ1n) is 13.9. The van der Waals surface area contributed by atoms with Crippen LogP contribution in [0.3, 0.4) is 0 Å². The molecule has 0 amide bonds. The molecular weight excluding hydrogens is 763 g/mol. The van der Waals surface area contributed by atoms with E-state index < -0.39 is 34.5 Å². The van der Waals surface area contributed by atoms with Crippen LogP contribution in [0.1, 0.15) is 16.7 Å². The summed E-state index contributed by atoms with van der Waals surface area (Å²) >= 11 is 0. The van der Waals surface area contributed by atoms with E-state index in [2.05, 4.69) is 16.0 Å². The van der Waals surface area contributed by atoms with Gasteiger partial charge in [-0.25, -0.2) is 0 Å². The Morgan fingerprint density at radius 3 is 0.826 bits per heavy atom. The zero-order valence-corrected chi connectivity index (χ0v) is 26.8. The molecule has 10 heteroatoms. The van der Waals surface area contributed by atoms with Crippen molar-refractivity contribution in [1.82, 2.24) is 16.0 Å². The fourth-order valence-electron chi connectivity index (χ4n) is 4.83. The second-order valence-electron chi connectivity index (χ2n) is 9.97. The molecule has 0 aromatic heterocycles. The van der Waals surface area contributed by atoms with Gasteiger partial charge >= 0.3 is 20.1 Å². The molecule has 3 heterocycles. The van der Waals surface area contributed by atoms with Crippen molar-refractivity contribution >= 4 is 17.9 Å². The largest absolute Gasteiger partial charge is 3.00 e. The van der Waals surface area contributed by atoms with Crippen LogP contribution in [-0.2, 0) is 51.1 Å². The molecule has 6 rings (SSSR count). The van der Waals surface area contributed by atoms with Crippen molar-refractivity contribution in [3.05, 3.63) is 181 Å². The molecule has 0 radical (unpaired) electrons. The number of hydrogen-bond acceptors (Lipinski definition) is 9. The minimum atomic E-state index is -1.24. The first-order chi connectivity index (χ1) is 21.8. The van der Waals surface area contributed by atoms with Crippen LogP contribution >= 0.6 is 0 Å². The van der Waals surface area contributed by atoms with Crippen molar-refractivity contribution in [1.29, 1.82) is 0 Å². The van der Waals surface area contributed by atoms with Gasteiger partial charge in [-0.15, -0.1) is 0 Å². The molecule has 3 unspecified atom stereocenters. The summed E-state index contributed by atoms with van der Waals surface area (Å²) in [6.45, 7) is 0. The molecule has 0 bridgehead atoms. The molecule has 3 aliphatic rings. The number of rotatable bonds is 6. The second-order valence-corrected chi connectivity index (χ2v) is 9.97. The first-order valence-corrected chi connectivity index (χ1v) is 13.9. The summed E-state index contributed by atoms with van der Waals surface area (Å²) in [5, 5.41) is 42.1. The smallest absolute Gasteiger partial charge is 0.547 e. The molecule has 3 aromatic rings. The van der Waals surface area contributed by atoms with E-state index in [0.717, 1.165) is 0 Å². The Bertz CT molecular complexity index is 1470. The summed E-state index contributed by atoms with van der Waals surface area (Å²) in [5.74, 6) is -3.47. The van der Waals surface area contributed by atoms with Crippen molar-refractivity contribution in [2.45, 2.75) is 16.6 Å². The maximum absolute atomic E-state index is 11.2. The summed E-state index contributed by atoms with van der Waals surface area (Å²) in [6.07, 6.45) is 19.8. The number of carbonyl (C=O) groups excluding carboxylic acids is 3. The number of carbonyl (C=O) groups is 3. The van der Waals surface area contributed by atoms with E-state index in [9.17, 15) is 29.7 Å². The fourth-order valence-corrected chi connectivity index (χ4v) is 4.83. The molecule has 3 aliphatic heterocycles. The van der Waals surface area contributed by atoms with Crippen LogP contribution in [0.15, 0.2) is 164 Å². The first kappa shape index (κ1) is 35.0. The van der Waals surface area contributed by atoms with Crippen molar-refractivity contribution in [3.63, 3.8) is 0 Å². The topological polar surface area (TPSA) is 156 Å². The Kier molecular flexibility index (Phi) is 12.2. The van der Waals surface area contributed by atoms with Gasteiger partial charge in [0.1, 0.15) is 16.6 Å². The number of aliphatic carboxylic acids is 3. The maximum Gasteiger partial charge on any atom is 3.00 e. The van der Waals surface area contributed by atoms with Gasteiger partial charge in [-0.3, -0.25) is 0 Å².